The van der Waals surface area contributed by atoms with Gasteiger partial charge >= 0.3 is 11.8 Å². The fraction of sp³-hybridized carbons (Fsp3) is 0.125. The molecule has 33 heavy (non-hydrogen) atoms. The first kappa shape index (κ1) is 26.4. The van der Waals surface area contributed by atoms with E-state index < -0.39 is 17.4 Å². The van der Waals surface area contributed by atoms with E-state index in [4.69, 9.17) is 9.05 Å². The predicted molar refractivity (Wildman–Crippen MR) is 116 cm³/mol. The van der Waals surface area contributed by atoms with Crippen LogP contribution in [0.15, 0.2) is 98.8 Å². The Bertz CT molecular complexity index is 1340. The molecule has 3 aromatic rings. The highest BCUT2D eigenvalue weighted by Gasteiger charge is 2.30. The summed E-state index contributed by atoms with van der Waals surface area (Å²) in [7, 11) is 1.51. The Kier molecular flexibility index (Phi) is 9.78. The third-order valence-electron chi connectivity index (χ3n) is 3.66. The molecular weight excluding hydrogens is 435 g/mol. The highest BCUT2D eigenvalue weighted by atomic mass is 19.4. The SMILES string of the molecule is C=C.C=C=C=C=C=C=C=C.Cc1c(-c2nc(-c3ccc(C(F)(F)F)cc3)no2)n(C)oc1=O. The highest BCUT2D eigenvalue weighted by Crippen LogP contribution is 2.31. The standard InChI is InChI=1S/C14H10F3N3O3.C8H4.C2H4/c1-7-10(20(2)23-13(7)21)12-18-11(19-22-12)8-3-5-9(6-4-8)14(15,16)17;1-3-5-7-8-6-4-2;1-2/h3-6H,1-2H3;1-2H2;1-2H2. The van der Waals surface area contributed by atoms with E-state index in [-0.39, 0.29) is 11.7 Å². The Morgan fingerprint density at radius 1 is 1.00 bits per heavy atom. The van der Waals surface area contributed by atoms with E-state index in [1.165, 1.54) is 23.9 Å². The van der Waals surface area contributed by atoms with Crippen LogP contribution < -0.4 is 5.63 Å². The first-order valence-corrected chi connectivity index (χ1v) is 8.91. The summed E-state index contributed by atoms with van der Waals surface area (Å²) >= 11 is 0. The number of aryl methyl sites for hydroxylation is 1. The largest absolute Gasteiger partial charge is 0.416 e. The second-order valence-electron chi connectivity index (χ2n) is 5.70. The van der Waals surface area contributed by atoms with Gasteiger partial charge in [0, 0.05) is 12.6 Å². The van der Waals surface area contributed by atoms with Gasteiger partial charge in [-0.25, -0.2) is 9.53 Å². The summed E-state index contributed by atoms with van der Waals surface area (Å²) in [6.45, 7) is 14.1. The van der Waals surface area contributed by atoms with Gasteiger partial charge in [0.05, 0.1) is 11.1 Å². The minimum atomic E-state index is -4.41. The van der Waals surface area contributed by atoms with Crippen molar-refractivity contribution in [2.45, 2.75) is 13.1 Å². The van der Waals surface area contributed by atoms with Crippen molar-refractivity contribution < 1.29 is 22.2 Å². The quantitative estimate of drug-likeness (QED) is 0.375. The van der Waals surface area contributed by atoms with E-state index in [1.54, 1.807) is 6.92 Å². The van der Waals surface area contributed by atoms with Gasteiger partial charge in [0.25, 0.3) is 5.89 Å². The topological polar surface area (TPSA) is 74.1 Å². The predicted octanol–water partition coefficient (Wildman–Crippen LogP) is 5.56. The summed E-state index contributed by atoms with van der Waals surface area (Å²) in [5.74, 6) is 0.160. The van der Waals surface area contributed by atoms with Gasteiger partial charge in [0.15, 0.2) is 0 Å². The molecule has 0 aliphatic rings. The zero-order valence-corrected chi connectivity index (χ0v) is 17.8. The third kappa shape index (κ3) is 7.20. The summed E-state index contributed by atoms with van der Waals surface area (Å²) in [6.07, 6.45) is -4.41. The molecule has 0 saturated heterocycles. The molecule has 0 unspecified atom stereocenters. The van der Waals surface area contributed by atoms with Gasteiger partial charge in [0.1, 0.15) is 5.69 Å². The minimum absolute atomic E-state index is 0.0470. The molecule has 2 aromatic heterocycles. The summed E-state index contributed by atoms with van der Waals surface area (Å²) in [4.78, 5) is 15.6. The van der Waals surface area contributed by atoms with Gasteiger partial charge in [-0.1, -0.05) is 28.8 Å². The zero-order chi connectivity index (χ0) is 25.0. The molecule has 2 heterocycles. The number of hydrogen-bond acceptors (Lipinski definition) is 5. The van der Waals surface area contributed by atoms with Crippen molar-refractivity contribution in [3.05, 3.63) is 107 Å². The van der Waals surface area contributed by atoms with Crippen molar-refractivity contribution >= 4 is 0 Å². The molecule has 0 aliphatic heterocycles. The number of nitrogens with zero attached hydrogens (tertiary/aromatic N) is 3. The van der Waals surface area contributed by atoms with Gasteiger partial charge in [0.2, 0.25) is 5.82 Å². The lowest BCUT2D eigenvalue weighted by Crippen LogP contribution is -2.04. The second-order valence-corrected chi connectivity index (χ2v) is 5.70. The van der Waals surface area contributed by atoms with Crippen molar-refractivity contribution in [3.63, 3.8) is 0 Å². The molecule has 168 valence electrons. The van der Waals surface area contributed by atoms with Crippen LogP contribution in [0.5, 0.6) is 0 Å². The number of rotatable bonds is 2. The minimum Gasteiger partial charge on any atom is -0.336 e. The maximum atomic E-state index is 12.5. The summed E-state index contributed by atoms with van der Waals surface area (Å²) in [5.41, 5.74) is 14.2. The van der Waals surface area contributed by atoms with E-state index in [0.717, 1.165) is 12.1 Å². The second kappa shape index (κ2) is 12.2. The monoisotopic (exact) mass is 453 g/mol. The molecule has 0 N–H and O–H groups in total. The zero-order valence-electron chi connectivity index (χ0n) is 17.8. The van der Waals surface area contributed by atoms with E-state index in [9.17, 15) is 18.0 Å². The molecule has 6 nitrogen and oxygen atoms in total. The Labute approximate surface area is 187 Å². The molecule has 0 aliphatic carbocycles. The van der Waals surface area contributed by atoms with Crippen LogP contribution in [0.25, 0.3) is 23.0 Å². The molecule has 0 fully saturated rings. The van der Waals surface area contributed by atoms with E-state index >= 15 is 0 Å². The van der Waals surface area contributed by atoms with Crippen LogP contribution in [-0.2, 0) is 13.2 Å². The summed E-state index contributed by atoms with van der Waals surface area (Å²) in [5, 5.41) is 3.72. The smallest absolute Gasteiger partial charge is 0.336 e. The lowest BCUT2D eigenvalue weighted by Gasteiger charge is -2.05. The van der Waals surface area contributed by atoms with E-state index in [2.05, 4.69) is 70.8 Å². The van der Waals surface area contributed by atoms with E-state index in [0.29, 0.717) is 16.8 Å². The maximum Gasteiger partial charge on any atom is 0.416 e. The van der Waals surface area contributed by atoms with Crippen molar-refractivity contribution in [2.24, 2.45) is 7.05 Å². The van der Waals surface area contributed by atoms with Crippen LogP contribution in [0.3, 0.4) is 0 Å². The fourth-order valence-electron chi connectivity index (χ4n) is 2.26. The van der Waals surface area contributed by atoms with Gasteiger partial charge in [-0.2, -0.15) is 18.2 Å². The third-order valence-corrected chi connectivity index (χ3v) is 3.66. The molecule has 0 amide bonds. The molecule has 0 radical (unpaired) electrons. The molecular formula is C24H18F3N3O3. The normalized spacial score (nSPS) is 9.24. The molecule has 9 heteroatoms. The molecule has 0 atom stereocenters. The Morgan fingerprint density at radius 3 is 1.97 bits per heavy atom. The van der Waals surface area contributed by atoms with Crippen LogP contribution in [0.2, 0.25) is 0 Å². The number of hydrogen-bond donors (Lipinski definition) is 0. The summed E-state index contributed by atoms with van der Waals surface area (Å²) in [6, 6.07) is 4.37. The number of aromatic nitrogens is 3. The van der Waals surface area contributed by atoms with Crippen LogP contribution in [0, 0.1) is 6.92 Å². The lowest BCUT2D eigenvalue weighted by atomic mass is 10.1. The molecule has 0 saturated carbocycles. The Morgan fingerprint density at radius 2 is 1.55 bits per heavy atom. The van der Waals surface area contributed by atoms with Gasteiger partial charge < -0.3 is 9.05 Å². The van der Waals surface area contributed by atoms with E-state index in [1.807, 2.05) is 0 Å². The molecule has 3 rings (SSSR count). The number of alkyl halides is 3. The first-order chi connectivity index (χ1) is 15.7. The van der Waals surface area contributed by atoms with Crippen molar-refractivity contribution in [3.8, 4) is 23.0 Å². The first-order valence-electron chi connectivity index (χ1n) is 8.91. The number of benzene rings is 1. The average Bonchev–Trinajstić information content (AvgIpc) is 3.37. The lowest BCUT2D eigenvalue weighted by molar-refractivity contribution is -0.137. The van der Waals surface area contributed by atoms with Crippen LogP contribution in [0.4, 0.5) is 13.2 Å². The maximum absolute atomic E-state index is 12.5. The molecule has 0 bridgehead atoms. The van der Waals surface area contributed by atoms with Gasteiger partial charge in [-0.15, -0.1) is 13.2 Å². The van der Waals surface area contributed by atoms with Crippen LogP contribution >= 0.6 is 0 Å². The Balaban J connectivity index is 0.000000464. The van der Waals surface area contributed by atoms with Gasteiger partial charge in [-0.05, 0) is 55.1 Å². The van der Waals surface area contributed by atoms with Gasteiger partial charge in [-0.3, -0.25) is 0 Å². The number of halogens is 3. The molecule has 1 aromatic carbocycles. The van der Waals surface area contributed by atoms with Crippen molar-refractivity contribution in [1.82, 2.24) is 14.9 Å². The average molecular weight is 453 g/mol. The van der Waals surface area contributed by atoms with Crippen LogP contribution in [0.1, 0.15) is 11.1 Å². The Hall–Kier alpha value is -4.68. The van der Waals surface area contributed by atoms with Crippen molar-refractivity contribution in [1.29, 1.82) is 0 Å². The summed E-state index contributed by atoms with van der Waals surface area (Å²) < 4.78 is 48.8. The fourth-order valence-corrected chi connectivity index (χ4v) is 2.26. The van der Waals surface area contributed by atoms with Crippen molar-refractivity contribution in [2.75, 3.05) is 0 Å². The molecule has 0 spiro atoms. The van der Waals surface area contributed by atoms with Crippen LogP contribution in [-0.4, -0.2) is 14.9 Å². The highest BCUT2D eigenvalue weighted by molar-refractivity contribution is 5.59.